The van der Waals surface area contributed by atoms with Crippen LogP contribution in [0.2, 0.25) is 0 Å². The Kier molecular flexibility index (Phi) is 5.09. The molecule has 0 spiro atoms. The van der Waals surface area contributed by atoms with Crippen LogP contribution >= 0.6 is 0 Å². The third-order valence-corrected chi connectivity index (χ3v) is 3.25. The minimum atomic E-state index is -1.15. The van der Waals surface area contributed by atoms with Crippen LogP contribution in [0.4, 0.5) is 0 Å². The number of aliphatic carboxylic acids is 2. The quantitative estimate of drug-likeness (QED) is 0.857. The van der Waals surface area contributed by atoms with Crippen molar-refractivity contribution in [1.29, 1.82) is 0 Å². The van der Waals surface area contributed by atoms with Gasteiger partial charge in [0.25, 0.3) is 0 Å². The van der Waals surface area contributed by atoms with E-state index in [-0.39, 0.29) is 0 Å². The number of carbonyl (C=O) groups is 2. The Morgan fingerprint density at radius 3 is 1.68 bits per heavy atom. The summed E-state index contributed by atoms with van der Waals surface area (Å²) in [5.41, 5.74) is 2.42. The molecule has 4 nitrogen and oxygen atoms in total. The molecule has 0 aromatic heterocycles. The van der Waals surface area contributed by atoms with Crippen molar-refractivity contribution in [1.82, 2.24) is 0 Å². The molecule has 0 saturated carbocycles. The number of carboxylic acids is 2. The minimum Gasteiger partial charge on any atom is -0.481 e. The van der Waals surface area contributed by atoms with E-state index in [4.69, 9.17) is 5.11 Å². The van der Waals surface area contributed by atoms with Crippen LogP contribution in [0.25, 0.3) is 5.57 Å². The maximum atomic E-state index is 11.3. The predicted molar refractivity (Wildman–Crippen MR) is 83.3 cm³/mol. The summed E-state index contributed by atoms with van der Waals surface area (Å²) in [4.78, 5) is 22.2. The first-order chi connectivity index (χ1) is 10.6. The summed E-state index contributed by atoms with van der Waals surface area (Å²) in [5, 5.41) is 18.2. The average molecular weight is 296 g/mol. The predicted octanol–water partition coefficient (Wildman–Crippen LogP) is 3.29. The number of carboxylic acid groups (broad SMARTS) is 2. The molecule has 1 atom stereocenters. The molecule has 0 bridgehead atoms. The van der Waals surface area contributed by atoms with Gasteiger partial charge in [0.2, 0.25) is 0 Å². The lowest BCUT2D eigenvalue weighted by atomic mass is 9.92. The third-order valence-electron chi connectivity index (χ3n) is 3.25. The maximum absolute atomic E-state index is 11.3. The fraction of sp³-hybridized carbons (Fsp3) is 0.111. The summed E-state index contributed by atoms with van der Waals surface area (Å²) < 4.78 is 0. The van der Waals surface area contributed by atoms with Crippen LogP contribution in [0.1, 0.15) is 17.5 Å². The molecule has 0 aliphatic heterocycles. The second kappa shape index (κ2) is 7.22. The Hall–Kier alpha value is -2.88. The van der Waals surface area contributed by atoms with E-state index < -0.39 is 24.3 Å². The van der Waals surface area contributed by atoms with Crippen LogP contribution in [-0.4, -0.2) is 22.2 Å². The lowest BCUT2D eigenvalue weighted by Gasteiger charge is -2.12. The molecule has 112 valence electrons. The van der Waals surface area contributed by atoms with Crippen molar-refractivity contribution in [2.24, 2.45) is 5.92 Å². The molecule has 2 aromatic carbocycles. The first-order valence-electron chi connectivity index (χ1n) is 6.85. The third kappa shape index (κ3) is 4.06. The largest absolute Gasteiger partial charge is 0.481 e. The molecule has 2 rings (SSSR count). The van der Waals surface area contributed by atoms with Gasteiger partial charge >= 0.3 is 11.9 Å². The Bertz CT molecular complexity index is 633. The number of hydrogen-bond donors (Lipinski definition) is 2. The number of rotatable bonds is 6. The Morgan fingerprint density at radius 2 is 1.32 bits per heavy atom. The molecule has 0 saturated heterocycles. The van der Waals surface area contributed by atoms with Crippen LogP contribution in [0.3, 0.4) is 0 Å². The van der Waals surface area contributed by atoms with Crippen molar-refractivity contribution in [2.75, 3.05) is 0 Å². The highest BCUT2D eigenvalue weighted by Crippen LogP contribution is 2.26. The van der Waals surface area contributed by atoms with Gasteiger partial charge in [-0.25, -0.2) is 0 Å². The van der Waals surface area contributed by atoms with Crippen molar-refractivity contribution >= 4 is 17.5 Å². The van der Waals surface area contributed by atoms with Gasteiger partial charge in [-0.05, 0) is 16.7 Å². The summed E-state index contributed by atoms with van der Waals surface area (Å²) in [5.74, 6) is -3.36. The highest BCUT2D eigenvalue weighted by Gasteiger charge is 2.20. The SMILES string of the molecule is O=C(O)CC(C=C(c1ccccc1)c1ccccc1)C(=O)O. The molecule has 2 aromatic rings. The molecule has 0 amide bonds. The van der Waals surface area contributed by atoms with Gasteiger partial charge in [0.15, 0.2) is 0 Å². The molecular weight excluding hydrogens is 280 g/mol. The van der Waals surface area contributed by atoms with Crippen molar-refractivity contribution in [3.63, 3.8) is 0 Å². The Morgan fingerprint density at radius 1 is 0.864 bits per heavy atom. The van der Waals surface area contributed by atoms with Crippen LogP contribution in [0.5, 0.6) is 0 Å². The summed E-state index contributed by atoms with van der Waals surface area (Å²) in [6.45, 7) is 0. The highest BCUT2D eigenvalue weighted by atomic mass is 16.4. The maximum Gasteiger partial charge on any atom is 0.310 e. The van der Waals surface area contributed by atoms with Crippen molar-refractivity contribution < 1.29 is 19.8 Å². The van der Waals surface area contributed by atoms with Crippen molar-refractivity contribution in [3.05, 3.63) is 77.9 Å². The summed E-state index contributed by atoms with van der Waals surface area (Å²) in [7, 11) is 0. The van der Waals surface area contributed by atoms with Crippen LogP contribution in [0.15, 0.2) is 66.7 Å². The molecule has 0 aliphatic carbocycles. The van der Waals surface area contributed by atoms with Gasteiger partial charge in [-0.2, -0.15) is 0 Å². The van der Waals surface area contributed by atoms with Gasteiger partial charge in [-0.3, -0.25) is 9.59 Å². The molecule has 22 heavy (non-hydrogen) atoms. The van der Waals surface area contributed by atoms with Gasteiger partial charge < -0.3 is 10.2 Å². The van der Waals surface area contributed by atoms with E-state index in [1.165, 1.54) is 6.08 Å². The Balaban J connectivity index is 2.50. The molecule has 1 unspecified atom stereocenters. The summed E-state index contributed by atoms with van der Waals surface area (Å²) in [6.07, 6.45) is 1.07. The zero-order valence-electron chi connectivity index (χ0n) is 11.8. The van der Waals surface area contributed by atoms with Gasteiger partial charge in [0, 0.05) is 0 Å². The topological polar surface area (TPSA) is 74.6 Å². The van der Waals surface area contributed by atoms with E-state index in [0.29, 0.717) is 0 Å². The summed E-state index contributed by atoms with van der Waals surface area (Å²) >= 11 is 0. The fourth-order valence-electron chi connectivity index (χ4n) is 2.20. The molecule has 0 heterocycles. The van der Waals surface area contributed by atoms with E-state index in [2.05, 4.69) is 0 Å². The van der Waals surface area contributed by atoms with Gasteiger partial charge in [0.05, 0.1) is 12.3 Å². The monoisotopic (exact) mass is 296 g/mol. The molecule has 0 radical (unpaired) electrons. The zero-order valence-corrected chi connectivity index (χ0v) is 11.8. The van der Waals surface area contributed by atoms with E-state index in [9.17, 15) is 14.7 Å². The van der Waals surface area contributed by atoms with E-state index in [0.717, 1.165) is 16.7 Å². The van der Waals surface area contributed by atoms with Gasteiger partial charge in [-0.1, -0.05) is 66.7 Å². The van der Waals surface area contributed by atoms with E-state index in [1.807, 2.05) is 60.7 Å². The minimum absolute atomic E-state index is 0.446. The first kappa shape index (κ1) is 15.5. The van der Waals surface area contributed by atoms with E-state index >= 15 is 0 Å². The second-order valence-electron chi connectivity index (χ2n) is 4.85. The number of hydrogen-bond acceptors (Lipinski definition) is 2. The molecular formula is C18H16O4. The van der Waals surface area contributed by atoms with E-state index in [1.54, 1.807) is 0 Å². The lowest BCUT2D eigenvalue weighted by Crippen LogP contribution is -2.16. The second-order valence-corrected chi connectivity index (χ2v) is 4.85. The van der Waals surface area contributed by atoms with Gasteiger partial charge in [-0.15, -0.1) is 0 Å². The molecule has 4 heteroatoms. The first-order valence-corrected chi connectivity index (χ1v) is 6.85. The highest BCUT2D eigenvalue weighted by molar-refractivity contribution is 5.86. The van der Waals surface area contributed by atoms with Crippen LogP contribution < -0.4 is 0 Å². The van der Waals surface area contributed by atoms with Crippen LogP contribution in [-0.2, 0) is 9.59 Å². The summed E-state index contributed by atoms with van der Waals surface area (Å²) in [6, 6.07) is 18.7. The standard InChI is InChI=1S/C18H16O4/c19-17(20)12-15(18(21)22)11-16(13-7-3-1-4-8-13)14-9-5-2-6-10-14/h1-11,15H,12H2,(H,19,20)(H,21,22). The Labute approximate surface area is 128 Å². The molecule has 0 fully saturated rings. The zero-order chi connectivity index (χ0) is 15.9. The average Bonchev–Trinajstić information content (AvgIpc) is 2.52. The lowest BCUT2D eigenvalue weighted by molar-refractivity contribution is -0.146. The van der Waals surface area contributed by atoms with Gasteiger partial charge in [0.1, 0.15) is 0 Å². The van der Waals surface area contributed by atoms with Crippen molar-refractivity contribution in [2.45, 2.75) is 6.42 Å². The number of benzene rings is 2. The molecule has 2 N–H and O–H groups in total. The van der Waals surface area contributed by atoms with Crippen LogP contribution in [0, 0.1) is 5.92 Å². The normalized spacial score (nSPS) is 11.5. The van der Waals surface area contributed by atoms with Crippen molar-refractivity contribution in [3.8, 4) is 0 Å². The fourth-order valence-corrected chi connectivity index (χ4v) is 2.20. The molecule has 0 aliphatic rings. The smallest absolute Gasteiger partial charge is 0.310 e.